The lowest BCUT2D eigenvalue weighted by Gasteiger charge is -2.63. The maximum atomic E-state index is 12.5. The number of carbonyl (C=O) groups excluding carboxylic acids is 2. The predicted molar refractivity (Wildman–Crippen MR) is 114 cm³/mol. The molecular weight excluding hydrogens is 384 g/mol. The van der Waals surface area contributed by atoms with Crippen molar-refractivity contribution in [1.82, 2.24) is 10.6 Å². The van der Waals surface area contributed by atoms with Crippen LogP contribution in [-0.2, 0) is 19.0 Å². The van der Waals surface area contributed by atoms with E-state index in [4.69, 9.17) is 14.2 Å². The van der Waals surface area contributed by atoms with E-state index < -0.39 is 18.0 Å². The summed E-state index contributed by atoms with van der Waals surface area (Å²) in [5.74, 6) is 1.24. The molecule has 0 aromatic carbocycles. The third-order valence-electron chi connectivity index (χ3n) is 7.16. The van der Waals surface area contributed by atoms with Crippen molar-refractivity contribution < 1.29 is 23.8 Å². The molecule has 4 aliphatic rings. The zero-order chi connectivity index (χ0) is 22.5. The van der Waals surface area contributed by atoms with Gasteiger partial charge < -0.3 is 24.8 Å². The van der Waals surface area contributed by atoms with Gasteiger partial charge in [-0.3, -0.25) is 4.79 Å². The molecule has 0 aromatic heterocycles. The number of ether oxygens (including phenoxy) is 3. The molecular formula is C23H40N2O5. The van der Waals surface area contributed by atoms with Gasteiger partial charge in [0.2, 0.25) is 5.91 Å². The molecule has 2 bridgehead atoms. The summed E-state index contributed by atoms with van der Waals surface area (Å²) in [7, 11) is 0. The molecule has 1 saturated heterocycles. The minimum Gasteiger partial charge on any atom is -0.444 e. The van der Waals surface area contributed by atoms with E-state index in [1.165, 1.54) is 6.42 Å². The number of amides is 2. The molecule has 2 N–H and O–H groups in total. The van der Waals surface area contributed by atoms with Gasteiger partial charge in [0.05, 0.1) is 17.7 Å². The van der Waals surface area contributed by atoms with Crippen LogP contribution in [0.2, 0.25) is 0 Å². The van der Waals surface area contributed by atoms with Gasteiger partial charge in [-0.05, 0) is 70.1 Å². The Kier molecular flexibility index (Phi) is 6.20. The van der Waals surface area contributed by atoms with Crippen molar-refractivity contribution in [2.45, 2.75) is 104 Å². The molecule has 6 atom stereocenters. The van der Waals surface area contributed by atoms with Crippen LogP contribution in [0.3, 0.4) is 0 Å². The van der Waals surface area contributed by atoms with E-state index in [0.29, 0.717) is 17.8 Å². The quantitative estimate of drug-likeness (QED) is 0.680. The van der Waals surface area contributed by atoms with E-state index in [9.17, 15) is 9.59 Å². The largest absolute Gasteiger partial charge is 0.444 e. The summed E-state index contributed by atoms with van der Waals surface area (Å²) in [6.45, 7) is 16.3. The highest BCUT2D eigenvalue weighted by atomic mass is 16.7. The first kappa shape index (κ1) is 23.3. The van der Waals surface area contributed by atoms with Crippen molar-refractivity contribution >= 4 is 12.0 Å². The second kappa shape index (κ2) is 7.97. The molecule has 0 aromatic rings. The summed E-state index contributed by atoms with van der Waals surface area (Å²) >= 11 is 0. The van der Waals surface area contributed by atoms with Gasteiger partial charge in [0.15, 0.2) is 6.29 Å². The second-order valence-corrected chi connectivity index (χ2v) is 11.5. The normalized spacial score (nSPS) is 35.2. The van der Waals surface area contributed by atoms with Crippen molar-refractivity contribution in [2.24, 2.45) is 23.2 Å². The van der Waals surface area contributed by atoms with Gasteiger partial charge in [0, 0.05) is 0 Å². The lowest BCUT2D eigenvalue weighted by Crippen LogP contribution is -2.65. The Morgan fingerprint density at radius 3 is 2.40 bits per heavy atom. The molecule has 3 saturated carbocycles. The van der Waals surface area contributed by atoms with E-state index >= 15 is 0 Å². The van der Waals surface area contributed by atoms with Crippen LogP contribution in [0.4, 0.5) is 4.79 Å². The van der Waals surface area contributed by atoms with Crippen LogP contribution in [0, 0.1) is 23.2 Å². The number of nitrogens with one attached hydrogen (secondary N) is 2. The van der Waals surface area contributed by atoms with Gasteiger partial charge in [0.1, 0.15) is 12.1 Å². The first-order valence-electron chi connectivity index (χ1n) is 11.3. The monoisotopic (exact) mass is 424 g/mol. The minimum absolute atomic E-state index is 0.0747. The summed E-state index contributed by atoms with van der Waals surface area (Å²) in [6.07, 6.45) is 1.94. The van der Waals surface area contributed by atoms with Gasteiger partial charge in [-0.25, -0.2) is 4.79 Å². The maximum absolute atomic E-state index is 12.5. The highest BCUT2D eigenvalue weighted by molar-refractivity contribution is 5.82. The van der Waals surface area contributed by atoms with Crippen molar-refractivity contribution in [3.63, 3.8) is 0 Å². The van der Waals surface area contributed by atoms with Gasteiger partial charge in [-0.15, -0.1) is 0 Å². The molecule has 4 fully saturated rings. The number of hydrogen-bond donors (Lipinski definition) is 2. The highest BCUT2D eigenvalue weighted by Gasteiger charge is 2.68. The molecule has 172 valence electrons. The van der Waals surface area contributed by atoms with Crippen LogP contribution in [0.1, 0.15) is 74.7 Å². The maximum Gasteiger partial charge on any atom is 0.408 e. The van der Waals surface area contributed by atoms with E-state index in [2.05, 4.69) is 45.3 Å². The average Bonchev–Trinajstić information content (AvgIpc) is 2.94. The van der Waals surface area contributed by atoms with Gasteiger partial charge in [0.25, 0.3) is 0 Å². The SMILES string of the molecule is CC(C)C[C@H](NC(=O)CNC(=O)OC(C)(C)C)C1OC2C[C@@H]3C[C@@H](C3(C)C)[C@]2(C)O1. The Bertz CT molecular complexity index is 671. The van der Waals surface area contributed by atoms with Crippen molar-refractivity contribution in [3.05, 3.63) is 0 Å². The Morgan fingerprint density at radius 1 is 1.17 bits per heavy atom. The number of alkyl carbamates (subject to hydrolysis) is 1. The summed E-state index contributed by atoms with van der Waals surface area (Å²) in [6, 6.07) is -0.263. The van der Waals surface area contributed by atoms with E-state index in [1.807, 2.05) is 0 Å². The standard InChI is InChI=1S/C23H40N2O5/c1-13(2)9-15(25-18(26)12-24-20(27)30-21(3,4)5)19-28-17-11-14-10-16(22(14,6)7)23(17,8)29-19/h13-17,19H,9-12H2,1-8H3,(H,24,27)(H,25,26)/t14-,15-,16-,17?,19?,23-/m0/s1. The zero-order valence-corrected chi connectivity index (χ0v) is 19.8. The molecule has 2 unspecified atom stereocenters. The first-order chi connectivity index (χ1) is 13.7. The Balaban J connectivity index is 1.60. The number of rotatable bonds is 6. The number of carbonyl (C=O) groups is 2. The lowest BCUT2D eigenvalue weighted by atomic mass is 9.43. The van der Waals surface area contributed by atoms with Gasteiger partial charge >= 0.3 is 6.09 Å². The molecule has 4 rings (SSSR count). The molecule has 1 aliphatic heterocycles. The smallest absolute Gasteiger partial charge is 0.408 e. The van der Waals surface area contributed by atoms with Crippen molar-refractivity contribution in [3.8, 4) is 0 Å². The van der Waals surface area contributed by atoms with Crippen LogP contribution in [0.15, 0.2) is 0 Å². The van der Waals surface area contributed by atoms with Crippen LogP contribution in [-0.4, -0.2) is 48.2 Å². The first-order valence-corrected chi connectivity index (χ1v) is 11.3. The zero-order valence-electron chi connectivity index (χ0n) is 19.8. The van der Waals surface area contributed by atoms with Crippen molar-refractivity contribution in [2.75, 3.05) is 6.54 Å². The van der Waals surface area contributed by atoms with Gasteiger partial charge in [-0.2, -0.15) is 0 Å². The average molecular weight is 425 g/mol. The van der Waals surface area contributed by atoms with E-state index in [0.717, 1.165) is 12.8 Å². The Labute approximate surface area is 181 Å². The summed E-state index contributed by atoms with van der Waals surface area (Å²) < 4.78 is 18.1. The molecule has 0 radical (unpaired) electrons. The Hall–Kier alpha value is -1.34. The van der Waals surface area contributed by atoms with Crippen molar-refractivity contribution in [1.29, 1.82) is 0 Å². The Morgan fingerprint density at radius 2 is 1.83 bits per heavy atom. The topological polar surface area (TPSA) is 85.9 Å². The van der Waals surface area contributed by atoms with Crippen LogP contribution < -0.4 is 10.6 Å². The third kappa shape index (κ3) is 4.62. The van der Waals surface area contributed by atoms with Crippen LogP contribution in [0.5, 0.6) is 0 Å². The molecule has 1 heterocycles. The summed E-state index contributed by atoms with van der Waals surface area (Å²) in [5.41, 5.74) is -0.637. The van der Waals surface area contributed by atoms with Crippen LogP contribution in [0.25, 0.3) is 0 Å². The second-order valence-electron chi connectivity index (χ2n) is 11.5. The minimum atomic E-state index is -0.605. The molecule has 2 amide bonds. The van der Waals surface area contributed by atoms with Crippen LogP contribution >= 0.6 is 0 Å². The molecule has 7 nitrogen and oxygen atoms in total. The fourth-order valence-electron chi connectivity index (χ4n) is 5.54. The fourth-order valence-corrected chi connectivity index (χ4v) is 5.54. The highest BCUT2D eigenvalue weighted by Crippen LogP contribution is 2.66. The fraction of sp³-hybridized carbons (Fsp3) is 0.913. The summed E-state index contributed by atoms with van der Waals surface area (Å²) in [5, 5.41) is 5.54. The molecule has 30 heavy (non-hydrogen) atoms. The summed E-state index contributed by atoms with van der Waals surface area (Å²) in [4.78, 5) is 24.4. The number of hydrogen-bond acceptors (Lipinski definition) is 5. The van der Waals surface area contributed by atoms with E-state index in [1.54, 1.807) is 20.8 Å². The molecule has 3 aliphatic carbocycles. The third-order valence-corrected chi connectivity index (χ3v) is 7.16. The lowest BCUT2D eigenvalue weighted by molar-refractivity contribution is -0.210. The predicted octanol–water partition coefficient (Wildman–Crippen LogP) is 3.61. The molecule has 0 spiro atoms. The molecule has 7 heteroatoms. The van der Waals surface area contributed by atoms with E-state index in [-0.39, 0.29) is 35.6 Å². The van der Waals surface area contributed by atoms with Gasteiger partial charge in [-0.1, -0.05) is 27.7 Å².